The topological polar surface area (TPSA) is 109 Å². The molecule has 0 spiro atoms. The van der Waals surface area contributed by atoms with Crippen LogP contribution in [0.2, 0.25) is 5.15 Å². The number of aromatic nitrogens is 2. The molecule has 184 valence electrons. The Morgan fingerprint density at radius 2 is 1.85 bits per heavy atom. The fourth-order valence-corrected chi connectivity index (χ4v) is 4.81. The predicted molar refractivity (Wildman–Crippen MR) is 133 cm³/mol. The lowest BCUT2D eigenvalue weighted by molar-refractivity contribution is -0.121. The summed E-state index contributed by atoms with van der Waals surface area (Å²) in [4.78, 5) is 35.5. The van der Waals surface area contributed by atoms with E-state index in [4.69, 9.17) is 11.6 Å². The molecular formula is C24H31ClN4O4S. The van der Waals surface area contributed by atoms with Crippen molar-refractivity contribution in [1.29, 1.82) is 0 Å². The van der Waals surface area contributed by atoms with Crippen LogP contribution in [0, 0.1) is 11.3 Å². The summed E-state index contributed by atoms with van der Waals surface area (Å²) in [7, 11) is -3.52. The summed E-state index contributed by atoms with van der Waals surface area (Å²) in [6, 6.07) is 4.39. The average molecular weight is 507 g/mol. The van der Waals surface area contributed by atoms with Gasteiger partial charge in [-0.25, -0.2) is 18.4 Å². The summed E-state index contributed by atoms with van der Waals surface area (Å²) in [5.74, 6) is 0.643. The number of anilines is 2. The van der Waals surface area contributed by atoms with Crippen LogP contribution in [0.1, 0.15) is 56.8 Å². The predicted octanol–water partition coefficient (Wildman–Crippen LogP) is 4.40. The number of carbonyl (C=O) groups is 2. The smallest absolute Gasteiger partial charge is 0.255 e. The highest BCUT2D eigenvalue weighted by molar-refractivity contribution is 7.90. The minimum atomic E-state index is -3.52. The van der Waals surface area contributed by atoms with E-state index in [2.05, 4.69) is 36.1 Å². The van der Waals surface area contributed by atoms with E-state index in [1.54, 1.807) is 0 Å². The van der Waals surface area contributed by atoms with Gasteiger partial charge >= 0.3 is 0 Å². The van der Waals surface area contributed by atoms with Crippen LogP contribution in [0.25, 0.3) is 0 Å². The maximum atomic E-state index is 12.8. The molecule has 1 fully saturated rings. The SMILES string of the molecule is CC(C)(C)CC(=O)CC1CCN(c2ncc(S(C)(=O)=O)cc2NC(=O)c2ccnc(Cl)c2)CC1. The lowest BCUT2D eigenvalue weighted by atomic mass is 9.84. The minimum absolute atomic E-state index is 0.0157. The first-order valence-corrected chi connectivity index (χ1v) is 13.5. The van der Waals surface area contributed by atoms with Gasteiger partial charge in [0.1, 0.15) is 10.9 Å². The van der Waals surface area contributed by atoms with Gasteiger partial charge in [0.15, 0.2) is 15.7 Å². The van der Waals surface area contributed by atoms with Crippen molar-refractivity contribution in [3.8, 4) is 0 Å². The molecule has 34 heavy (non-hydrogen) atoms. The minimum Gasteiger partial charge on any atom is -0.355 e. The first-order chi connectivity index (χ1) is 15.8. The Kier molecular flexibility index (Phi) is 7.98. The first-order valence-electron chi connectivity index (χ1n) is 11.2. The molecular weight excluding hydrogens is 476 g/mol. The van der Waals surface area contributed by atoms with Crippen LogP contribution in [-0.2, 0) is 14.6 Å². The van der Waals surface area contributed by atoms with Crippen molar-refractivity contribution in [1.82, 2.24) is 9.97 Å². The van der Waals surface area contributed by atoms with Crippen molar-refractivity contribution in [2.45, 2.75) is 51.3 Å². The molecule has 0 aromatic carbocycles. The first kappa shape index (κ1) is 26.1. The number of amides is 1. The maximum Gasteiger partial charge on any atom is 0.255 e. The van der Waals surface area contributed by atoms with E-state index in [0.717, 1.165) is 19.1 Å². The molecule has 0 unspecified atom stereocenters. The third kappa shape index (κ3) is 7.24. The van der Waals surface area contributed by atoms with Gasteiger partial charge in [0.05, 0.1) is 10.6 Å². The van der Waals surface area contributed by atoms with Crippen LogP contribution in [0.5, 0.6) is 0 Å². The molecule has 1 saturated heterocycles. The van der Waals surface area contributed by atoms with E-state index in [9.17, 15) is 18.0 Å². The maximum absolute atomic E-state index is 12.8. The Bertz CT molecular complexity index is 1170. The highest BCUT2D eigenvalue weighted by atomic mass is 35.5. The molecule has 2 aromatic heterocycles. The standard InChI is InChI=1S/C24H31ClN4O4S/c1-24(2,3)14-18(30)11-16-6-9-29(10-7-16)22-20(13-19(15-27-22)34(4,32)33)28-23(31)17-5-8-26-21(25)12-17/h5,8,12-13,15-16H,6-7,9-11,14H2,1-4H3,(H,28,31). The summed E-state index contributed by atoms with van der Waals surface area (Å²) >= 11 is 5.90. The number of nitrogens with zero attached hydrogens (tertiary/aromatic N) is 3. The van der Waals surface area contributed by atoms with Gasteiger partial charge in [-0.3, -0.25) is 9.59 Å². The number of carbonyl (C=O) groups excluding carboxylic acids is 2. The molecule has 0 aliphatic carbocycles. The van der Waals surface area contributed by atoms with Crippen molar-refractivity contribution in [2.24, 2.45) is 11.3 Å². The normalized spacial score (nSPS) is 15.3. The Morgan fingerprint density at radius 3 is 2.44 bits per heavy atom. The van der Waals surface area contributed by atoms with Crippen molar-refractivity contribution >= 4 is 44.6 Å². The summed E-state index contributed by atoms with van der Waals surface area (Å²) < 4.78 is 24.2. The second-order valence-electron chi connectivity index (χ2n) is 10.0. The second kappa shape index (κ2) is 10.4. The third-order valence-corrected chi connectivity index (χ3v) is 6.95. The zero-order valence-corrected chi connectivity index (χ0v) is 21.5. The molecule has 1 amide bonds. The van der Waals surface area contributed by atoms with Gasteiger partial charge in [-0.15, -0.1) is 0 Å². The van der Waals surface area contributed by atoms with Gasteiger partial charge in [0, 0.05) is 50.1 Å². The summed E-state index contributed by atoms with van der Waals surface area (Å²) in [6.45, 7) is 7.50. The van der Waals surface area contributed by atoms with Crippen LogP contribution in [0.3, 0.4) is 0 Å². The Hall–Kier alpha value is -2.52. The van der Waals surface area contributed by atoms with Gasteiger partial charge in [0.25, 0.3) is 5.91 Å². The van der Waals surface area contributed by atoms with Crippen LogP contribution >= 0.6 is 11.6 Å². The zero-order chi connectivity index (χ0) is 25.1. The van der Waals surface area contributed by atoms with E-state index in [0.29, 0.717) is 48.9 Å². The van der Waals surface area contributed by atoms with Gasteiger partial charge in [-0.2, -0.15) is 0 Å². The molecule has 0 atom stereocenters. The van der Waals surface area contributed by atoms with E-state index in [1.807, 2.05) is 4.90 Å². The molecule has 8 nitrogen and oxygen atoms in total. The largest absolute Gasteiger partial charge is 0.355 e. The third-order valence-electron chi connectivity index (χ3n) is 5.66. The van der Waals surface area contributed by atoms with Crippen molar-refractivity contribution in [2.75, 3.05) is 29.6 Å². The van der Waals surface area contributed by atoms with Crippen molar-refractivity contribution < 1.29 is 18.0 Å². The molecule has 1 aliphatic heterocycles. The van der Waals surface area contributed by atoms with E-state index >= 15 is 0 Å². The molecule has 0 saturated carbocycles. The van der Waals surface area contributed by atoms with Crippen molar-refractivity contribution in [3.63, 3.8) is 0 Å². The number of pyridine rings is 2. The number of sulfone groups is 1. The number of piperidine rings is 1. The number of halogens is 1. The van der Waals surface area contributed by atoms with E-state index in [-0.39, 0.29) is 21.2 Å². The number of rotatable bonds is 7. The average Bonchev–Trinajstić information content (AvgIpc) is 2.72. The molecule has 3 rings (SSSR count). The molecule has 0 radical (unpaired) electrons. The number of Topliss-reactive ketones (excluding diaryl/α,β-unsaturated/α-hetero) is 1. The molecule has 2 aromatic rings. The van der Waals surface area contributed by atoms with Crippen LogP contribution in [0.4, 0.5) is 11.5 Å². The quantitative estimate of drug-likeness (QED) is 0.554. The van der Waals surface area contributed by atoms with Crippen LogP contribution < -0.4 is 10.2 Å². The highest BCUT2D eigenvalue weighted by Crippen LogP contribution is 2.32. The molecule has 0 bridgehead atoms. The Labute approximate surface area is 206 Å². The van der Waals surface area contributed by atoms with E-state index < -0.39 is 15.7 Å². The summed E-state index contributed by atoms with van der Waals surface area (Å²) in [5.41, 5.74) is 0.588. The van der Waals surface area contributed by atoms with Gasteiger partial charge in [0.2, 0.25) is 0 Å². The summed E-state index contributed by atoms with van der Waals surface area (Å²) in [6.07, 6.45) is 6.60. The Morgan fingerprint density at radius 1 is 1.18 bits per heavy atom. The fraction of sp³-hybridized carbons (Fsp3) is 0.500. The number of hydrogen-bond acceptors (Lipinski definition) is 7. The Balaban J connectivity index is 1.77. The molecule has 10 heteroatoms. The molecule has 3 heterocycles. The highest BCUT2D eigenvalue weighted by Gasteiger charge is 2.26. The number of hydrogen-bond donors (Lipinski definition) is 1. The second-order valence-corrected chi connectivity index (χ2v) is 12.4. The number of nitrogens with one attached hydrogen (secondary N) is 1. The summed E-state index contributed by atoms with van der Waals surface area (Å²) in [5, 5.41) is 2.96. The van der Waals surface area contributed by atoms with Gasteiger partial charge < -0.3 is 10.2 Å². The van der Waals surface area contributed by atoms with Crippen LogP contribution in [0.15, 0.2) is 35.5 Å². The lowest BCUT2D eigenvalue weighted by Gasteiger charge is -2.34. The fourth-order valence-electron chi connectivity index (χ4n) is 4.06. The van der Waals surface area contributed by atoms with Gasteiger partial charge in [-0.1, -0.05) is 32.4 Å². The molecule has 1 aliphatic rings. The number of ketones is 1. The van der Waals surface area contributed by atoms with E-state index in [1.165, 1.54) is 30.6 Å². The molecule has 1 N–H and O–H groups in total. The van der Waals surface area contributed by atoms with Crippen molar-refractivity contribution in [3.05, 3.63) is 41.3 Å². The van der Waals surface area contributed by atoms with Crippen LogP contribution in [-0.4, -0.2) is 49.4 Å². The van der Waals surface area contributed by atoms with Gasteiger partial charge in [-0.05, 0) is 42.4 Å². The lowest BCUT2D eigenvalue weighted by Crippen LogP contribution is -2.36. The zero-order valence-electron chi connectivity index (χ0n) is 20.0. The monoisotopic (exact) mass is 506 g/mol.